The Hall–Kier alpha value is -0.420. The summed E-state index contributed by atoms with van der Waals surface area (Å²) in [4.78, 5) is 25.4. The number of hydrogen-bond donors (Lipinski definition) is 1. The summed E-state index contributed by atoms with van der Waals surface area (Å²) in [5.41, 5.74) is 0. The molecule has 0 aromatic heterocycles. The highest BCUT2D eigenvalue weighted by atomic mass is 79.9. The van der Waals surface area contributed by atoms with Crippen LogP contribution in [0.1, 0.15) is 26.2 Å². The van der Waals surface area contributed by atoms with Crippen LogP contribution in [-0.4, -0.2) is 39.8 Å². The Morgan fingerprint density at radius 1 is 1.35 bits per heavy atom. The number of nitrogens with zero attached hydrogens (tertiary/aromatic N) is 1. The van der Waals surface area contributed by atoms with E-state index in [-0.39, 0.29) is 30.2 Å². The van der Waals surface area contributed by atoms with E-state index in [0.29, 0.717) is 11.2 Å². The van der Waals surface area contributed by atoms with Gasteiger partial charge < -0.3 is 5.11 Å². The molecule has 2 rings (SSSR count). The predicted molar refractivity (Wildman–Crippen MR) is 66.5 cm³/mol. The zero-order valence-corrected chi connectivity index (χ0v) is 11.5. The second-order valence-electron chi connectivity index (χ2n) is 5.05. The van der Waals surface area contributed by atoms with E-state index in [1.807, 2.05) is 0 Å². The van der Waals surface area contributed by atoms with Gasteiger partial charge in [0.05, 0.1) is 24.5 Å². The number of amides is 2. The van der Waals surface area contributed by atoms with E-state index >= 15 is 0 Å². The van der Waals surface area contributed by atoms with Gasteiger partial charge in [0, 0.05) is 5.33 Å². The molecule has 1 saturated carbocycles. The fourth-order valence-electron chi connectivity index (χ4n) is 2.97. The maximum Gasteiger partial charge on any atom is 0.233 e. The number of alkyl halides is 1. The maximum atomic E-state index is 12.1. The maximum absolute atomic E-state index is 12.1. The summed E-state index contributed by atoms with van der Waals surface area (Å²) in [6.45, 7) is 2.24. The molecule has 96 valence electrons. The molecule has 0 spiro atoms. The Kier molecular flexibility index (Phi) is 3.88. The van der Waals surface area contributed by atoms with Crippen molar-refractivity contribution in [3.05, 3.63) is 0 Å². The molecule has 0 radical (unpaired) electrons. The van der Waals surface area contributed by atoms with E-state index in [1.54, 1.807) is 0 Å². The van der Waals surface area contributed by atoms with Crippen LogP contribution in [0.25, 0.3) is 0 Å². The quantitative estimate of drug-likeness (QED) is 0.626. The van der Waals surface area contributed by atoms with Crippen molar-refractivity contribution in [2.45, 2.75) is 32.3 Å². The average Bonchev–Trinajstić information content (AvgIpc) is 2.85. The molecule has 1 N–H and O–H groups in total. The van der Waals surface area contributed by atoms with Crippen molar-refractivity contribution in [2.24, 2.45) is 17.8 Å². The first-order chi connectivity index (χ1) is 8.08. The first kappa shape index (κ1) is 13.0. The minimum atomic E-state index is -0.663. The highest BCUT2D eigenvalue weighted by Crippen LogP contribution is 2.44. The molecule has 3 unspecified atom stereocenters. The Morgan fingerprint density at radius 2 is 1.88 bits per heavy atom. The third kappa shape index (κ3) is 2.27. The van der Waals surface area contributed by atoms with Gasteiger partial charge in [0.25, 0.3) is 0 Å². The smallest absolute Gasteiger partial charge is 0.233 e. The van der Waals surface area contributed by atoms with Gasteiger partial charge in [0.1, 0.15) is 0 Å². The number of carbonyl (C=O) groups excluding carboxylic acids is 2. The van der Waals surface area contributed by atoms with Crippen LogP contribution in [0.4, 0.5) is 0 Å². The van der Waals surface area contributed by atoms with E-state index in [1.165, 1.54) is 4.90 Å². The number of rotatable bonds is 4. The summed E-state index contributed by atoms with van der Waals surface area (Å²) in [5.74, 6) is 0.137. The SMILES string of the molecule is CCC1CC2C(=O)N(CC(O)CBr)C(=O)C2C1. The molecule has 1 heterocycles. The molecular formula is C12H18BrNO3. The highest BCUT2D eigenvalue weighted by Gasteiger charge is 2.52. The standard InChI is InChI=1S/C12H18BrNO3/c1-2-7-3-9-10(4-7)12(17)14(11(9)16)6-8(15)5-13/h7-10,15H,2-6H2,1H3. The van der Waals surface area contributed by atoms with Gasteiger partial charge >= 0.3 is 0 Å². The molecule has 5 heteroatoms. The zero-order valence-electron chi connectivity index (χ0n) is 9.93. The number of fused-ring (bicyclic) bond motifs is 1. The molecule has 1 aliphatic carbocycles. The number of carbonyl (C=O) groups is 2. The lowest BCUT2D eigenvalue weighted by Crippen LogP contribution is -2.39. The van der Waals surface area contributed by atoms with E-state index in [9.17, 15) is 14.7 Å². The number of imide groups is 1. The van der Waals surface area contributed by atoms with Crippen LogP contribution >= 0.6 is 15.9 Å². The summed E-state index contributed by atoms with van der Waals surface area (Å²) >= 11 is 3.14. The van der Waals surface area contributed by atoms with Gasteiger partial charge in [-0.15, -0.1) is 0 Å². The number of β-amino-alcohol motifs (C(OH)–C–C–N with tert-alkyl or cyclic N) is 1. The zero-order chi connectivity index (χ0) is 12.6. The van der Waals surface area contributed by atoms with Crippen molar-refractivity contribution in [2.75, 3.05) is 11.9 Å². The first-order valence-corrected chi connectivity index (χ1v) is 7.29. The predicted octanol–water partition coefficient (Wildman–Crippen LogP) is 1.16. The Labute approximate surface area is 109 Å². The molecule has 2 amide bonds. The molecule has 2 aliphatic rings. The van der Waals surface area contributed by atoms with E-state index in [2.05, 4.69) is 22.9 Å². The molecule has 1 aliphatic heterocycles. The first-order valence-electron chi connectivity index (χ1n) is 6.17. The molecule has 0 aromatic rings. The van der Waals surface area contributed by atoms with Crippen LogP contribution in [0, 0.1) is 17.8 Å². The lowest BCUT2D eigenvalue weighted by atomic mass is 10.00. The van der Waals surface area contributed by atoms with Crippen LogP contribution in [-0.2, 0) is 9.59 Å². The minimum Gasteiger partial charge on any atom is -0.390 e. The number of aliphatic hydroxyl groups is 1. The van der Waals surface area contributed by atoms with Gasteiger partial charge in [-0.25, -0.2) is 0 Å². The Morgan fingerprint density at radius 3 is 2.29 bits per heavy atom. The fraction of sp³-hybridized carbons (Fsp3) is 0.833. The van der Waals surface area contributed by atoms with Crippen LogP contribution in [0.2, 0.25) is 0 Å². The largest absolute Gasteiger partial charge is 0.390 e. The third-order valence-electron chi connectivity index (χ3n) is 3.98. The van der Waals surface area contributed by atoms with Crippen LogP contribution in [0.3, 0.4) is 0 Å². The van der Waals surface area contributed by atoms with Gasteiger partial charge in [0.2, 0.25) is 11.8 Å². The van der Waals surface area contributed by atoms with Gasteiger partial charge in [-0.1, -0.05) is 29.3 Å². The Bertz CT molecular complexity index is 310. The van der Waals surface area contributed by atoms with Crippen molar-refractivity contribution < 1.29 is 14.7 Å². The van der Waals surface area contributed by atoms with Crippen molar-refractivity contribution in [3.63, 3.8) is 0 Å². The van der Waals surface area contributed by atoms with Crippen LogP contribution in [0.5, 0.6) is 0 Å². The molecule has 4 nitrogen and oxygen atoms in total. The summed E-state index contributed by atoms with van der Waals surface area (Å²) in [6.07, 6.45) is 2.06. The summed E-state index contributed by atoms with van der Waals surface area (Å²) in [6, 6.07) is 0. The summed E-state index contributed by atoms with van der Waals surface area (Å²) in [7, 11) is 0. The monoisotopic (exact) mass is 303 g/mol. The number of likely N-dealkylation sites (tertiary alicyclic amines) is 1. The average molecular weight is 304 g/mol. The van der Waals surface area contributed by atoms with Gasteiger partial charge in [-0.2, -0.15) is 0 Å². The minimum absolute atomic E-state index is 0.0732. The summed E-state index contributed by atoms with van der Waals surface area (Å²) in [5, 5.41) is 9.91. The molecule has 2 fully saturated rings. The van der Waals surface area contributed by atoms with Crippen molar-refractivity contribution in [1.29, 1.82) is 0 Å². The second-order valence-corrected chi connectivity index (χ2v) is 5.70. The molecule has 3 atom stereocenters. The third-order valence-corrected chi connectivity index (χ3v) is 4.72. The molecular weight excluding hydrogens is 286 g/mol. The number of halogens is 1. The van der Waals surface area contributed by atoms with Crippen LogP contribution < -0.4 is 0 Å². The Balaban J connectivity index is 2.06. The summed E-state index contributed by atoms with van der Waals surface area (Å²) < 4.78 is 0. The number of hydrogen-bond acceptors (Lipinski definition) is 3. The van der Waals surface area contributed by atoms with Gasteiger partial charge in [0.15, 0.2) is 0 Å². The van der Waals surface area contributed by atoms with Gasteiger partial charge in [-0.3, -0.25) is 14.5 Å². The van der Waals surface area contributed by atoms with E-state index in [4.69, 9.17) is 0 Å². The van der Waals surface area contributed by atoms with E-state index < -0.39 is 6.10 Å². The number of aliphatic hydroxyl groups excluding tert-OH is 1. The lowest BCUT2D eigenvalue weighted by molar-refractivity contribution is -0.141. The molecule has 1 saturated heterocycles. The second kappa shape index (κ2) is 5.06. The lowest BCUT2D eigenvalue weighted by Gasteiger charge is -2.19. The van der Waals surface area contributed by atoms with Crippen molar-refractivity contribution in [1.82, 2.24) is 4.90 Å². The van der Waals surface area contributed by atoms with Crippen molar-refractivity contribution >= 4 is 27.7 Å². The van der Waals surface area contributed by atoms with Crippen molar-refractivity contribution in [3.8, 4) is 0 Å². The highest BCUT2D eigenvalue weighted by molar-refractivity contribution is 9.09. The molecule has 0 bridgehead atoms. The van der Waals surface area contributed by atoms with Gasteiger partial charge in [-0.05, 0) is 18.8 Å². The van der Waals surface area contributed by atoms with E-state index in [0.717, 1.165) is 19.3 Å². The van der Waals surface area contributed by atoms with Crippen LogP contribution in [0.15, 0.2) is 0 Å². The fourth-order valence-corrected chi connectivity index (χ4v) is 3.18. The molecule has 17 heavy (non-hydrogen) atoms. The topological polar surface area (TPSA) is 57.6 Å². The normalized spacial score (nSPS) is 34.3. The molecule has 0 aromatic carbocycles.